The number of rotatable bonds is 5. The molecule has 2 aromatic carbocycles. The maximum Gasteiger partial charge on any atom is 0.231 e. The minimum Gasteiger partial charge on any atom is -0.454 e. The normalized spacial score (nSPS) is 12.1. The summed E-state index contributed by atoms with van der Waals surface area (Å²) in [6.45, 7) is 2.85. The molecule has 1 N–H and O–H groups in total. The summed E-state index contributed by atoms with van der Waals surface area (Å²) in [6, 6.07) is 18.0. The molecule has 0 saturated heterocycles. The highest BCUT2D eigenvalue weighted by Gasteiger charge is 2.13. The van der Waals surface area contributed by atoms with Crippen molar-refractivity contribution >= 4 is 17.5 Å². The van der Waals surface area contributed by atoms with Gasteiger partial charge in [-0.1, -0.05) is 24.3 Å². The van der Waals surface area contributed by atoms with Gasteiger partial charge in [0.15, 0.2) is 11.5 Å². The smallest absolute Gasteiger partial charge is 0.231 e. The number of anilines is 3. The highest BCUT2D eigenvalue weighted by Crippen LogP contribution is 2.32. The molecule has 1 aromatic heterocycles. The second-order valence-electron chi connectivity index (χ2n) is 6.13. The van der Waals surface area contributed by atoms with Gasteiger partial charge in [-0.05, 0) is 36.8 Å². The number of benzene rings is 2. The molecular weight excluding hydrogens is 328 g/mol. The molecule has 0 bridgehead atoms. The van der Waals surface area contributed by atoms with Crippen LogP contribution in [-0.2, 0) is 6.54 Å². The van der Waals surface area contributed by atoms with Gasteiger partial charge < -0.3 is 19.7 Å². The van der Waals surface area contributed by atoms with E-state index in [1.807, 2.05) is 61.3 Å². The summed E-state index contributed by atoms with van der Waals surface area (Å²) < 4.78 is 10.8. The molecule has 6 heteroatoms. The first kappa shape index (κ1) is 16.2. The van der Waals surface area contributed by atoms with E-state index in [0.717, 1.165) is 34.3 Å². The molecule has 0 fully saturated rings. The van der Waals surface area contributed by atoms with Crippen molar-refractivity contribution in [3.8, 4) is 11.5 Å². The van der Waals surface area contributed by atoms with Gasteiger partial charge >= 0.3 is 0 Å². The van der Waals surface area contributed by atoms with Gasteiger partial charge in [0.2, 0.25) is 12.7 Å². The van der Waals surface area contributed by atoms with Crippen molar-refractivity contribution < 1.29 is 9.47 Å². The first-order valence-electron chi connectivity index (χ1n) is 8.46. The highest BCUT2D eigenvalue weighted by atomic mass is 16.7. The van der Waals surface area contributed by atoms with Gasteiger partial charge in [0.1, 0.15) is 5.82 Å². The number of ether oxygens (including phenoxy) is 2. The van der Waals surface area contributed by atoms with Crippen molar-refractivity contribution in [3.05, 3.63) is 65.9 Å². The van der Waals surface area contributed by atoms with Crippen LogP contribution in [0.3, 0.4) is 0 Å². The van der Waals surface area contributed by atoms with Crippen molar-refractivity contribution in [2.24, 2.45) is 0 Å². The Morgan fingerprint density at radius 3 is 2.65 bits per heavy atom. The van der Waals surface area contributed by atoms with Gasteiger partial charge in [0.25, 0.3) is 0 Å². The van der Waals surface area contributed by atoms with Crippen LogP contribution in [-0.4, -0.2) is 23.8 Å². The topological polar surface area (TPSA) is 59.5 Å². The first-order chi connectivity index (χ1) is 12.7. The molecule has 1 aliphatic heterocycles. The Morgan fingerprint density at radius 1 is 1.00 bits per heavy atom. The van der Waals surface area contributed by atoms with Crippen LogP contribution in [0.5, 0.6) is 11.5 Å². The molecule has 4 rings (SSSR count). The van der Waals surface area contributed by atoms with Crippen LogP contribution in [0.2, 0.25) is 0 Å². The standard InChI is InChI=1S/C20H20N4O2/c1-14-10-19(24(2)16-6-4-3-5-7-16)23-20(22-14)21-12-15-8-9-17-18(11-15)26-13-25-17/h3-11H,12-13H2,1-2H3,(H,21,22,23). The number of hydrogen-bond donors (Lipinski definition) is 1. The van der Waals surface area contributed by atoms with Gasteiger partial charge in [-0.25, -0.2) is 4.98 Å². The third-order valence-corrected chi connectivity index (χ3v) is 4.22. The van der Waals surface area contributed by atoms with E-state index in [9.17, 15) is 0 Å². The number of aromatic nitrogens is 2. The largest absolute Gasteiger partial charge is 0.454 e. The number of nitrogens with zero attached hydrogens (tertiary/aromatic N) is 3. The molecule has 0 spiro atoms. The number of para-hydroxylation sites is 1. The lowest BCUT2D eigenvalue weighted by Gasteiger charge is -2.19. The SMILES string of the molecule is Cc1cc(N(C)c2ccccc2)nc(NCc2ccc3c(c2)OCO3)n1. The van der Waals surface area contributed by atoms with Gasteiger partial charge in [0.05, 0.1) is 0 Å². The van der Waals surface area contributed by atoms with Crippen molar-refractivity contribution in [1.82, 2.24) is 9.97 Å². The molecule has 1 aliphatic rings. The van der Waals surface area contributed by atoms with Crippen LogP contribution in [0.1, 0.15) is 11.3 Å². The molecule has 26 heavy (non-hydrogen) atoms. The van der Waals surface area contributed by atoms with E-state index in [0.29, 0.717) is 12.5 Å². The van der Waals surface area contributed by atoms with E-state index in [4.69, 9.17) is 9.47 Å². The van der Waals surface area contributed by atoms with Gasteiger partial charge in [0, 0.05) is 31.0 Å². The van der Waals surface area contributed by atoms with Crippen LogP contribution in [0, 0.1) is 6.92 Å². The van der Waals surface area contributed by atoms with Crippen molar-refractivity contribution in [3.63, 3.8) is 0 Å². The predicted molar refractivity (Wildman–Crippen MR) is 101 cm³/mol. The van der Waals surface area contributed by atoms with E-state index < -0.39 is 0 Å². The number of fused-ring (bicyclic) bond motifs is 1. The lowest BCUT2D eigenvalue weighted by Crippen LogP contribution is -2.13. The fraction of sp³-hybridized carbons (Fsp3) is 0.200. The zero-order chi connectivity index (χ0) is 17.9. The lowest BCUT2D eigenvalue weighted by atomic mass is 10.2. The quantitative estimate of drug-likeness (QED) is 0.755. The van der Waals surface area contributed by atoms with Crippen LogP contribution in [0.4, 0.5) is 17.5 Å². The van der Waals surface area contributed by atoms with E-state index in [1.54, 1.807) is 0 Å². The molecule has 2 heterocycles. The zero-order valence-corrected chi connectivity index (χ0v) is 14.8. The Kier molecular flexibility index (Phi) is 4.31. The summed E-state index contributed by atoms with van der Waals surface area (Å²) >= 11 is 0. The fourth-order valence-corrected chi connectivity index (χ4v) is 2.82. The van der Waals surface area contributed by atoms with E-state index >= 15 is 0 Å². The average Bonchev–Trinajstić information content (AvgIpc) is 3.14. The Labute approximate surface area is 152 Å². The molecular formula is C20H20N4O2. The monoisotopic (exact) mass is 348 g/mol. The highest BCUT2D eigenvalue weighted by molar-refractivity contribution is 5.60. The Bertz CT molecular complexity index is 915. The van der Waals surface area contributed by atoms with Crippen molar-refractivity contribution in [2.45, 2.75) is 13.5 Å². The van der Waals surface area contributed by atoms with Gasteiger partial charge in [-0.3, -0.25) is 0 Å². The summed E-state index contributed by atoms with van der Waals surface area (Å²) in [4.78, 5) is 11.2. The molecule has 3 aromatic rings. The summed E-state index contributed by atoms with van der Waals surface area (Å²) in [7, 11) is 2.00. The maximum absolute atomic E-state index is 5.42. The number of aryl methyl sites for hydroxylation is 1. The molecule has 0 aliphatic carbocycles. The lowest BCUT2D eigenvalue weighted by molar-refractivity contribution is 0.174. The third-order valence-electron chi connectivity index (χ3n) is 4.22. The fourth-order valence-electron chi connectivity index (χ4n) is 2.82. The first-order valence-corrected chi connectivity index (χ1v) is 8.46. The summed E-state index contributed by atoms with van der Waals surface area (Å²) in [6.07, 6.45) is 0. The second kappa shape index (κ2) is 6.92. The minimum atomic E-state index is 0.280. The molecule has 0 unspecified atom stereocenters. The summed E-state index contributed by atoms with van der Waals surface area (Å²) in [5, 5.41) is 3.29. The molecule has 0 atom stereocenters. The van der Waals surface area contributed by atoms with Crippen molar-refractivity contribution in [1.29, 1.82) is 0 Å². The predicted octanol–water partition coefficient (Wildman–Crippen LogP) is 3.89. The molecule has 6 nitrogen and oxygen atoms in total. The average molecular weight is 348 g/mol. The maximum atomic E-state index is 5.42. The Balaban J connectivity index is 1.51. The number of nitrogens with one attached hydrogen (secondary N) is 1. The third kappa shape index (κ3) is 3.39. The van der Waals surface area contributed by atoms with E-state index in [1.165, 1.54) is 0 Å². The second-order valence-corrected chi connectivity index (χ2v) is 6.13. The van der Waals surface area contributed by atoms with E-state index in [2.05, 4.69) is 27.4 Å². The van der Waals surface area contributed by atoms with Crippen LogP contribution < -0.4 is 19.7 Å². The minimum absolute atomic E-state index is 0.280. The van der Waals surface area contributed by atoms with Crippen LogP contribution in [0.15, 0.2) is 54.6 Å². The Hall–Kier alpha value is -3.28. The Morgan fingerprint density at radius 2 is 1.81 bits per heavy atom. The summed E-state index contributed by atoms with van der Waals surface area (Å²) in [5.74, 6) is 3.00. The summed E-state index contributed by atoms with van der Waals surface area (Å²) in [5.41, 5.74) is 3.07. The van der Waals surface area contributed by atoms with Crippen LogP contribution >= 0.6 is 0 Å². The zero-order valence-electron chi connectivity index (χ0n) is 14.8. The molecule has 0 amide bonds. The van der Waals surface area contributed by atoms with Crippen LogP contribution in [0.25, 0.3) is 0 Å². The van der Waals surface area contributed by atoms with Crippen molar-refractivity contribution in [2.75, 3.05) is 24.1 Å². The molecule has 0 radical (unpaired) electrons. The molecule has 132 valence electrons. The van der Waals surface area contributed by atoms with Gasteiger partial charge in [-0.15, -0.1) is 0 Å². The van der Waals surface area contributed by atoms with Gasteiger partial charge in [-0.2, -0.15) is 4.98 Å². The number of hydrogen-bond acceptors (Lipinski definition) is 6. The van der Waals surface area contributed by atoms with E-state index in [-0.39, 0.29) is 6.79 Å². The molecule has 0 saturated carbocycles.